The molecule has 1 N–H and O–H groups in total. The zero-order chi connectivity index (χ0) is 31.1. The molecule has 7 nitrogen and oxygen atoms in total. The zero-order valence-electron chi connectivity index (χ0n) is 25.5. The Morgan fingerprint density at radius 3 is 2.42 bits per heavy atom. The Balaban J connectivity index is 1.20. The van der Waals surface area contributed by atoms with Gasteiger partial charge in [0.15, 0.2) is 17.4 Å². The van der Waals surface area contributed by atoms with Crippen molar-refractivity contribution in [2.24, 2.45) is 0 Å². The van der Waals surface area contributed by atoms with E-state index in [-0.39, 0.29) is 17.0 Å². The second-order valence-electron chi connectivity index (χ2n) is 11.8. The van der Waals surface area contributed by atoms with Crippen LogP contribution in [0, 0.1) is 6.92 Å². The first-order valence-corrected chi connectivity index (χ1v) is 15.3. The summed E-state index contributed by atoms with van der Waals surface area (Å²) in [6.07, 6.45) is 2.45. The van der Waals surface area contributed by atoms with E-state index in [9.17, 15) is 9.59 Å². The number of methoxy groups -OCH3 is 1. The molecule has 4 aromatic carbocycles. The average Bonchev–Trinajstić information content (AvgIpc) is 3.50. The molecule has 45 heavy (non-hydrogen) atoms. The van der Waals surface area contributed by atoms with Gasteiger partial charge in [0.1, 0.15) is 22.9 Å². The van der Waals surface area contributed by atoms with Gasteiger partial charge in [0.25, 0.3) is 0 Å². The van der Waals surface area contributed by atoms with Gasteiger partial charge in [0, 0.05) is 34.8 Å². The van der Waals surface area contributed by atoms with Gasteiger partial charge in [-0.1, -0.05) is 67.6 Å². The smallest absolute Gasteiger partial charge is 0.184 e. The number of H-pyrrole nitrogens is 1. The summed E-state index contributed by atoms with van der Waals surface area (Å²) in [5.41, 5.74) is 6.14. The van der Waals surface area contributed by atoms with Crippen molar-refractivity contribution in [2.75, 3.05) is 7.11 Å². The van der Waals surface area contributed by atoms with Crippen LogP contribution >= 0.6 is 0 Å². The Bertz CT molecular complexity index is 2070. The summed E-state index contributed by atoms with van der Waals surface area (Å²) < 4.78 is 11.7. The number of fused-ring (bicyclic) bond motifs is 1. The number of carbonyl (C=O) groups is 2. The lowest BCUT2D eigenvalue weighted by Crippen LogP contribution is -2.15. The number of benzene rings is 4. The summed E-state index contributed by atoms with van der Waals surface area (Å²) in [6, 6.07) is 29.1. The molecular weight excluding hydrogens is 562 g/mol. The Labute approximate surface area is 261 Å². The highest BCUT2D eigenvalue weighted by Crippen LogP contribution is 2.50. The number of rotatable bonds is 10. The van der Waals surface area contributed by atoms with Gasteiger partial charge in [-0.2, -0.15) is 5.10 Å². The van der Waals surface area contributed by atoms with E-state index in [2.05, 4.69) is 10.2 Å². The third-order valence-corrected chi connectivity index (χ3v) is 8.88. The number of nitrogens with one attached hydrogen (secondary N) is 1. The van der Waals surface area contributed by atoms with Crippen LogP contribution in [0.5, 0.6) is 5.75 Å². The third-order valence-electron chi connectivity index (χ3n) is 8.88. The van der Waals surface area contributed by atoms with E-state index in [0.717, 1.165) is 51.9 Å². The second kappa shape index (κ2) is 11.3. The van der Waals surface area contributed by atoms with Crippen LogP contribution in [0.25, 0.3) is 44.8 Å². The molecule has 0 amide bonds. The van der Waals surface area contributed by atoms with E-state index in [1.54, 1.807) is 7.11 Å². The number of ketones is 2. The van der Waals surface area contributed by atoms with E-state index < -0.39 is 0 Å². The van der Waals surface area contributed by atoms with Gasteiger partial charge in [-0.05, 0) is 66.8 Å². The van der Waals surface area contributed by atoms with Crippen molar-refractivity contribution < 1.29 is 18.7 Å². The normalized spacial score (nSPS) is 13.6. The van der Waals surface area contributed by atoms with Gasteiger partial charge >= 0.3 is 0 Å². The van der Waals surface area contributed by atoms with Crippen LogP contribution in [0.15, 0.2) is 95.4 Å². The number of hydrogen-bond donors (Lipinski definition) is 1. The van der Waals surface area contributed by atoms with E-state index in [1.165, 1.54) is 0 Å². The van der Waals surface area contributed by atoms with Crippen LogP contribution in [-0.2, 0) is 5.41 Å². The van der Waals surface area contributed by atoms with Gasteiger partial charge in [0.05, 0.1) is 18.2 Å². The molecule has 0 bridgehead atoms. The van der Waals surface area contributed by atoms with Crippen LogP contribution < -0.4 is 4.74 Å². The van der Waals surface area contributed by atoms with Crippen LogP contribution in [-0.4, -0.2) is 33.9 Å². The first kappa shape index (κ1) is 28.5. The standard InChI is InChI=1S/C38H33N3O4/c1-4-30(42)34-29-20-25(16-17-33(29)45-35(34)24-10-6-5-7-11-24)28-21-26(15-14-23(28)2)31(43)22-38(18-19-38)37-39-36(40-41-37)27-12-8-9-13-32(27)44-3/h5-17,20-21H,4,18-19,22H2,1-3H3,(H,39,40,41). The van der Waals surface area contributed by atoms with Crippen LogP contribution in [0.1, 0.15) is 64.7 Å². The maximum Gasteiger partial charge on any atom is 0.184 e. The number of ether oxygens (including phenoxy) is 1. The molecule has 224 valence electrons. The summed E-state index contributed by atoms with van der Waals surface area (Å²) in [6.45, 7) is 3.90. The first-order valence-electron chi connectivity index (χ1n) is 15.3. The highest BCUT2D eigenvalue weighted by molar-refractivity contribution is 6.12. The molecule has 0 saturated heterocycles. The first-order chi connectivity index (χ1) is 21.9. The third kappa shape index (κ3) is 5.14. The maximum absolute atomic E-state index is 13.8. The number of Topliss-reactive ketones (excluding diaryl/α,β-unsaturated/α-hetero) is 2. The van der Waals surface area contributed by atoms with Gasteiger partial charge in [-0.25, -0.2) is 4.98 Å². The number of nitrogens with zero attached hydrogens (tertiary/aromatic N) is 2. The van der Waals surface area contributed by atoms with E-state index >= 15 is 0 Å². The van der Waals surface area contributed by atoms with Crippen molar-refractivity contribution in [1.82, 2.24) is 15.2 Å². The molecule has 2 heterocycles. The number of aromatic nitrogens is 3. The highest BCUT2D eigenvalue weighted by Gasteiger charge is 2.49. The number of hydrogen-bond acceptors (Lipinski definition) is 6. The Kier molecular flexibility index (Phi) is 7.16. The second-order valence-corrected chi connectivity index (χ2v) is 11.8. The summed E-state index contributed by atoms with van der Waals surface area (Å²) in [5.74, 6) is 2.67. The fraction of sp³-hybridized carbons (Fsp3) is 0.211. The minimum Gasteiger partial charge on any atom is -0.496 e. The monoisotopic (exact) mass is 595 g/mol. The number of para-hydroxylation sites is 1. The van der Waals surface area contributed by atoms with Crippen LogP contribution in [0.4, 0.5) is 0 Å². The van der Waals surface area contributed by atoms with Crippen LogP contribution in [0.3, 0.4) is 0 Å². The molecule has 1 aliphatic carbocycles. The summed E-state index contributed by atoms with van der Waals surface area (Å²) >= 11 is 0. The van der Waals surface area contributed by atoms with Crippen LogP contribution in [0.2, 0.25) is 0 Å². The fourth-order valence-electron chi connectivity index (χ4n) is 6.12. The highest BCUT2D eigenvalue weighted by atomic mass is 16.5. The molecular formula is C38H33N3O4. The van der Waals surface area contributed by atoms with Gasteiger partial charge < -0.3 is 9.15 Å². The summed E-state index contributed by atoms with van der Waals surface area (Å²) in [4.78, 5) is 31.7. The van der Waals surface area contributed by atoms with Crippen molar-refractivity contribution in [3.8, 4) is 39.6 Å². The lowest BCUT2D eigenvalue weighted by Gasteiger charge is -2.13. The van der Waals surface area contributed by atoms with E-state index in [1.807, 2.05) is 105 Å². The molecule has 1 saturated carbocycles. The van der Waals surface area contributed by atoms with Gasteiger partial charge in [-0.3, -0.25) is 14.7 Å². The largest absolute Gasteiger partial charge is 0.496 e. The molecule has 0 aliphatic heterocycles. The lowest BCUT2D eigenvalue weighted by atomic mass is 9.91. The van der Waals surface area contributed by atoms with Crippen molar-refractivity contribution in [2.45, 2.75) is 44.9 Å². The van der Waals surface area contributed by atoms with E-state index in [4.69, 9.17) is 14.1 Å². The molecule has 1 fully saturated rings. The molecule has 0 radical (unpaired) electrons. The number of furan rings is 1. The van der Waals surface area contributed by atoms with Crippen molar-refractivity contribution in [1.29, 1.82) is 0 Å². The molecule has 6 aromatic rings. The molecule has 7 rings (SSSR count). The van der Waals surface area contributed by atoms with Crippen molar-refractivity contribution in [3.05, 3.63) is 114 Å². The number of aryl methyl sites for hydroxylation is 1. The Hall–Kier alpha value is -5.30. The summed E-state index contributed by atoms with van der Waals surface area (Å²) in [7, 11) is 1.63. The Morgan fingerprint density at radius 2 is 1.67 bits per heavy atom. The van der Waals surface area contributed by atoms with E-state index in [0.29, 0.717) is 46.9 Å². The van der Waals surface area contributed by atoms with Crippen molar-refractivity contribution in [3.63, 3.8) is 0 Å². The SMILES string of the molecule is CCC(=O)c1c(-c2ccccc2)oc2ccc(-c3cc(C(=O)CC4(c5nc(-c6ccccc6OC)n[nH]5)CC4)ccc3C)cc12. The van der Waals surface area contributed by atoms with Gasteiger partial charge in [0.2, 0.25) is 0 Å². The molecule has 0 atom stereocenters. The molecule has 7 heteroatoms. The zero-order valence-corrected chi connectivity index (χ0v) is 25.5. The fourth-order valence-corrected chi connectivity index (χ4v) is 6.12. The quantitative estimate of drug-likeness (QED) is 0.159. The van der Waals surface area contributed by atoms with Crippen molar-refractivity contribution >= 4 is 22.5 Å². The number of carbonyl (C=O) groups excluding carboxylic acids is 2. The molecule has 0 spiro atoms. The van der Waals surface area contributed by atoms with Gasteiger partial charge in [-0.15, -0.1) is 0 Å². The molecule has 2 aromatic heterocycles. The lowest BCUT2D eigenvalue weighted by molar-refractivity contribution is 0.0965. The Morgan fingerprint density at radius 1 is 0.889 bits per heavy atom. The minimum atomic E-state index is -0.353. The molecule has 1 aliphatic rings. The average molecular weight is 596 g/mol. The number of aromatic amines is 1. The summed E-state index contributed by atoms with van der Waals surface area (Å²) in [5, 5.41) is 8.35. The predicted octanol–water partition coefficient (Wildman–Crippen LogP) is 8.77. The predicted molar refractivity (Wildman–Crippen MR) is 175 cm³/mol. The maximum atomic E-state index is 13.8. The topological polar surface area (TPSA) is 98.1 Å². The molecule has 0 unspecified atom stereocenters. The minimum absolute atomic E-state index is 0.0291.